The van der Waals surface area contributed by atoms with Crippen LogP contribution in [-0.4, -0.2) is 35.0 Å². The normalized spacial score (nSPS) is 20.4. The van der Waals surface area contributed by atoms with E-state index in [2.05, 4.69) is 22.2 Å². The molecule has 1 unspecified atom stereocenters. The quantitative estimate of drug-likeness (QED) is 0.779. The number of likely N-dealkylation sites (tertiary alicyclic amines) is 1. The predicted octanol–water partition coefficient (Wildman–Crippen LogP) is 2.62. The van der Waals surface area contributed by atoms with Crippen LogP contribution in [-0.2, 0) is 22.5 Å². The van der Waals surface area contributed by atoms with Crippen LogP contribution in [0.5, 0.6) is 0 Å². The fourth-order valence-electron chi connectivity index (χ4n) is 2.48. The van der Waals surface area contributed by atoms with E-state index in [1.807, 2.05) is 6.92 Å². The number of nitrogens with zero attached hydrogens (tertiary/aromatic N) is 2. The summed E-state index contributed by atoms with van der Waals surface area (Å²) in [5.74, 6) is -0.0758. The lowest BCUT2D eigenvalue weighted by atomic mass is 10.0. The Hall–Kier alpha value is -0.940. The number of piperidine rings is 1. The van der Waals surface area contributed by atoms with Gasteiger partial charge in [0.2, 0.25) is 0 Å². The first-order chi connectivity index (χ1) is 9.24. The lowest BCUT2D eigenvalue weighted by molar-refractivity contribution is -0.151. The van der Waals surface area contributed by atoms with Gasteiger partial charge in [0.05, 0.1) is 17.3 Å². The highest BCUT2D eigenvalue weighted by molar-refractivity contribution is 7.09. The highest BCUT2D eigenvalue weighted by atomic mass is 32.1. The summed E-state index contributed by atoms with van der Waals surface area (Å²) in [6, 6.07) is -0.0829. The van der Waals surface area contributed by atoms with Crippen molar-refractivity contribution < 1.29 is 9.53 Å². The first-order valence-corrected chi connectivity index (χ1v) is 7.96. The van der Waals surface area contributed by atoms with Crippen LogP contribution in [0.4, 0.5) is 0 Å². The van der Waals surface area contributed by atoms with E-state index >= 15 is 0 Å². The first kappa shape index (κ1) is 14.5. The summed E-state index contributed by atoms with van der Waals surface area (Å²) in [6.45, 7) is 6.16. The van der Waals surface area contributed by atoms with E-state index in [-0.39, 0.29) is 12.0 Å². The molecule has 0 spiro atoms. The zero-order chi connectivity index (χ0) is 13.7. The molecule has 1 aliphatic rings. The fraction of sp³-hybridized carbons (Fsp3) is 0.714. The highest BCUT2D eigenvalue weighted by Crippen LogP contribution is 2.21. The summed E-state index contributed by atoms with van der Waals surface area (Å²) in [5.41, 5.74) is 1.08. The smallest absolute Gasteiger partial charge is 0.323 e. The Balaban J connectivity index is 2.00. The van der Waals surface area contributed by atoms with Gasteiger partial charge in [-0.05, 0) is 32.7 Å². The molecule has 1 saturated heterocycles. The molecule has 0 aliphatic carbocycles. The Kier molecular flexibility index (Phi) is 5.34. The van der Waals surface area contributed by atoms with Crippen molar-refractivity contribution in [3.8, 4) is 0 Å². The van der Waals surface area contributed by atoms with Gasteiger partial charge in [-0.2, -0.15) is 0 Å². The second kappa shape index (κ2) is 7.01. The summed E-state index contributed by atoms with van der Waals surface area (Å²) in [5, 5.41) is 3.27. The second-order valence-electron chi connectivity index (χ2n) is 4.82. The molecule has 2 rings (SSSR count). The Bertz CT molecular complexity index is 419. The summed E-state index contributed by atoms with van der Waals surface area (Å²) < 4.78 is 5.18. The van der Waals surface area contributed by atoms with E-state index in [4.69, 9.17) is 4.74 Å². The van der Waals surface area contributed by atoms with E-state index in [1.165, 1.54) is 5.01 Å². The topological polar surface area (TPSA) is 42.4 Å². The van der Waals surface area contributed by atoms with Crippen molar-refractivity contribution in [2.45, 2.75) is 52.1 Å². The van der Waals surface area contributed by atoms with Crippen LogP contribution in [0.2, 0.25) is 0 Å². The molecular weight excluding hydrogens is 260 g/mol. The molecule has 1 fully saturated rings. The van der Waals surface area contributed by atoms with Crippen molar-refractivity contribution in [3.05, 3.63) is 16.1 Å². The van der Waals surface area contributed by atoms with Gasteiger partial charge >= 0.3 is 5.97 Å². The van der Waals surface area contributed by atoms with Gasteiger partial charge in [-0.1, -0.05) is 13.3 Å². The molecular formula is C14H22N2O2S. The molecule has 2 heterocycles. The van der Waals surface area contributed by atoms with Gasteiger partial charge in [-0.25, -0.2) is 4.98 Å². The summed E-state index contributed by atoms with van der Waals surface area (Å²) in [4.78, 5) is 18.8. The third-order valence-electron chi connectivity index (χ3n) is 3.44. The average Bonchev–Trinajstić information content (AvgIpc) is 2.87. The van der Waals surface area contributed by atoms with Crippen molar-refractivity contribution in [1.82, 2.24) is 9.88 Å². The van der Waals surface area contributed by atoms with E-state index in [0.29, 0.717) is 6.61 Å². The summed E-state index contributed by atoms with van der Waals surface area (Å²) in [7, 11) is 0. The van der Waals surface area contributed by atoms with Crippen LogP contribution in [0.25, 0.3) is 0 Å². The van der Waals surface area contributed by atoms with Crippen LogP contribution >= 0.6 is 11.3 Å². The summed E-state index contributed by atoms with van der Waals surface area (Å²) >= 11 is 1.70. The Morgan fingerprint density at radius 2 is 2.37 bits per heavy atom. The molecule has 0 saturated carbocycles. The van der Waals surface area contributed by atoms with Crippen molar-refractivity contribution in [2.24, 2.45) is 0 Å². The van der Waals surface area contributed by atoms with Crippen LogP contribution < -0.4 is 0 Å². The molecule has 4 nitrogen and oxygen atoms in total. The second-order valence-corrected chi connectivity index (χ2v) is 5.76. The number of hydrogen-bond acceptors (Lipinski definition) is 5. The van der Waals surface area contributed by atoms with Gasteiger partial charge in [0, 0.05) is 11.9 Å². The number of ether oxygens (including phenoxy) is 1. The molecule has 0 bridgehead atoms. The average molecular weight is 282 g/mol. The van der Waals surface area contributed by atoms with E-state index in [9.17, 15) is 4.79 Å². The zero-order valence-electron chi connectivity index (χ0n) is 11.7. The molecule has 5 heteroatoms. The predicted molar refractivity (Wildman–Crippen MR) is 76.2 cm³/mol. The lowest BCUT2D eigenvalue weighted by Crippen LogP contribution is -2.45. The first-order valence-electron chi connectivity index (χ1n) is 7.08. The lowest BCUT2D eigenvalue weighted by Gasteiger charge is -2.33. The third-order valence-corrected chi connectivity index (χ3v) is 4.48. The number of carbonyl (C=O) groups excluding carboxylic acids is 1. The number of aromatic nitrogens is 1. The maximum Gasteiger partial charge on any atom is 0.323 e. The number of carbonyl (C=O) groups is 1. The van der Waals surface area contributed by atoms with Gasteiger partial charge in [0.15, 0.2) is 0 Å². The molecule has 0 aromatic carbocycles. The number of aryl methyl sites for hydroxylation is 1. The number of hydrogen-bond donors (Lipinski definition) is 0. The maximum atomic E-state index is 12.0. The SMILES string of the molecule is CCOC(=O)C1CCCCN1Cc1csc(CC)n1. The maximum absolute atomic E-state index is 12.0. The van der Waals surface area contributed by atoms with Gasteiger partial charge in [-0.15, -0.1) is 11.3 Å². The third kappa shape index (κ3) is 3.76. The van der Waals surface area contributed by atoms with Gasteiger partial charge in [0.1, 0.15) is 6.04 Å². The Morgan fingerprint density at radius 3 is 3.05 bits per heavy atom. The van der Waals surface area contributed by atoms with E-state index < -0.39 is 0 Å². The number of esters is 1. The van der Waals surface area contributed by atoms with Gasteiger partial charge < -0.3 is 4.74 Å². The van der Waals surface area contributed by atoms with E-state index in [0.717, 1.165) is 44.5 Å². The van der Waals surface area contributed by atoms with Crippen LogP contribution in [0.1, 0.15) is 43.8 Å². The molecule has 1 aromatic heterocycles. The standard InChI is InChI=1S/C14H22N2O2S/c1-3-13-15-11(10-19-13)9-16-8-6-5-7-12(16)14(17)18-4-2/h10,12H,3-9H2,1-2H3. The fourth-order valence-corrected chi connectivity index (χ4v) is 3.21. The minimum absolute atomic E-state index is 0.0758. The Labute approximate surface area is 118 Å². The van der Waals surface area contributed by atoms with Crippen molar-refractivity contribution in [1.29, 1.82) is 0 Å². The molecule has 1 aromatic rings. The number of thiazole rings is 1. The molecule has 19 heavy (non-hydrogen) atoms. The summed E-state index contributed by atoms with van der Waals surface area (Å²) in [6.07, 6.45) is 4.15. The van der Waals surface area contributed by atoms with Crippen molar-refractivity contribution in [3.63, 3.8) is 0 Å². The van der Waals surface area contributed by atoms with Crippen LogP contribution in [0.3, 0.4) is 0 Å². The molecule has 0 N–H and O–H groups in total. The monoisotopic (exact) mass is 282 g/mol. The van der Waals surface area contributed by atoms with Gasteiger partial charge in [0.25, 0.3) is 0 Å². The minimum atomic E-state index is -0.0829. The Morgan fingerprint density at radius 1 is 1.53 bits per heavy atom. The minimum Gasteiger partial charge on any atom is -0.465 e. The van der Waals surface area contributed by atoms with Crippen LogP contribution in [0.15, 0.2) is 5.38 Å². The van der Waals surface area contributed by atoms with Crippen molar-refractivity contribution in [2.75, 3.05) is 13.2 Å². The number of rotatable bonds is 5. The molecule has 1 atom stereocenters. The molecule has 0 radical (unpaired) electrons. The molecule has 1 aliphatic heterocycles. The van der Waals surface area contributed by atoms with Gasteiger partial charge in [-0.3, -0.25) is 9.69 Å². The highest BCUT2D eigenvalue weighted by Gasteiger charge is 2.30. The zero-order valence-corrected chi connectivity index (χ0v) is 12.5. The molecule has 106 valence electrons. The largest absolute Gasteiger partial charge is 0.465 e. The van der Waals surface area contributed by atoms with Crippen molar-refractivity contribution >= 4 is 17.3 Å². The molecule has 0 amide bonds. The van der Waals surface area contributed by atoms with Crippen LogP contribution in [0, 0.1) is 0 Å². The van der Waals surface area contributed by atoms with E-state index in [1.54, 1.807) is 11.3 Å².